The molecule has 0 saturated heterocycles. The summed E-state index contributed by atoms with van der Waals surface area (Å²) >= 11 is 0. The molecule has 0 N–H and O–H groups in total. The Morgan fingerprint density at radius 3 is 2.71 bits per heavy atom. The van der Waals surface area contributed by atoms with Crippen LogP contribution < -0.4 is 0 Å². The summed E-state index contributed by atoms with van der Waals surface area (Å²) in [6.07, 6.45) is 15.7. The molecule has 4 unspecified atom stereocenters. The summed E-state index contributed by atoms with van der Waals surface area (Å²) < 4.78 is 0. The molecular weight excluding hydrogens is 204 g/mol. The molecule has 0 nitrogen and oxygen atoms in total. The van der Waals surface area contributed by atoms with Crippen LogP contribution in [0.3, 0.4) is 0 Å². The van der Waals surface area contributed by atoms with E-state index in [0.717, 1.165) is 23.7 Å². The lowest BCUT2D eigenvalue weighted by molar-refractivity contribution is 0.452. The van der Waals surface area contributed by atoms with Crippen molar-refractivity contribution in [2.75, 3.05) is 0 Å². The van der Waals surface area contributed by atoms with E-state index in [1.807, 2.05) is 0 Å². The molecule has 2 aliphatic rings. The van der Waals surface area contributed by atoms with Gasteiger partial charge in [0, 0.05) is 0 Å². The Labute approximate surface area is 107 Å². The first-order chi connectivity index (χ1) is 8.15. The van der Waals surface area contributed by atoms with Crippen LogP contribution in [0.25, 0.3) is 0 Å². The molecule has 0 heteroatoms. The highest BCUT2D eigenvalue weighted by atomic mass is 14.4. The van der Waals surface area contributed by atoms with Gasteiger partial charge in [-0.2, -0.15) is 0 Å². The zero-order valence-corrected chi connectivity index (χ0v) is 11.8. The molecule has 96 valence electrons. The van der Waals surface area contributed by atoms with E-state index in [-0.39, 0.29) is 0 Å². The lowest BCUT2D eigenvalue weighted by Crippen LogP contribution is -2.02. The molecule has 0 aliphatic heterocycles. The molecule has 0 aromatic rings. The Morgan fingerprint density at radius 2 is 2.00 bits per heavy atom. The molecule has 1 fully saturated rings. The average molecular weight is 232 g/mol. The fourth-order valence-corrected chi connectivity index (χ4v) is 3.19. The lowest BCUT2D eigenvalue weighted by atomic mass is 9.90. The van der Waals surface area contributed by atoms with Gasteiger partial charge in [0.15, 0.2) is 0 Å². The number of allylic oxidation sites excluding steroid dienone is 4. The first kappa shape index (κ1) is 12.9. The summed E-state index contributed by atoms with van der Waals surface area (Å²) in [5.74, 6) is 3.70. The molecule has 1 saturated carbocycles. The van der Waals surface area contributed by atoms with Crippen molar-refractivity contribution >= 4 is 0 Å². The minimum absolute atomic E-state index is 0.780. The maximum absolute atomic E-state index is 2.51. The van der Waals surface area contributed by atoms with Crippen LogP contribution >= 0.6 is 0 Å². The van der Waals surface area contributed by atoms with Crippen LogP contribution in [0.15, 0.2) is 23.8 Å². The molecule has 0 heterocycles. The van der Waals surface area contributed by atoms with Crippen molar-refractivity contribution in [3.63, 3.8) is 0 Å². The van der Waals surface area contributed by atoms with Crippen molar-refractivity contribution in [3.05, 3.63) is 23.8 Å². The Balaban J connectivity index is 1.89. The van der Waals surface area contributed by atoms with Gasteiger partial charge in [-0.25, -0.2) is 0 Å². The summed E-state index contributed by atoms with van der Waals surface area (Å²) in [6, 6.07) is 0. The lowest BCUT2D eigenvalue weighted by Gasteiger charge is -2.16. The topological polar surface area (TPSA) is 0 Å². The zero-order chi connectivity index (χ0) is 12.3. The van der Waals surface area contributed by atoms with Gasteiger partial charge in [0.2, 0.25) is 0 Å². The third kappa shape index (κ3) is 4.33. The predicted octanol–water partition coefficient (Wildman–Crippen LogP) is 5.36. The van der Waals surface area contributed by atoms with Gasteiger partial charge in [-0.3, -0.25) is 0 Å². The number of rotatable bonds is 2. The molecule has 2 aliphatic carbocycles. The van der Waals surface area contributed by atoms with E-state index in [2.05, 4.69) is 39.0 Å². The summed E-state index contributed by atoms with van der Waals surface area (Å²) in [7, 11) is 0. The van der Waals surface area contributed by atoms with E-state index in [1.54, 1.807) is 5.57 Å². The standard InChI is InChI=1S/C17H28/c1-13-6-4-8-16(12-17-11-15(17)3)9-5-7-14(2)10-13/h4,8,10,14-17H,5-7,9,11-12H2,1-3H3. The van der Waals surface area contributed by atoms with Gasteiger partial charge in [0.05, 0.1) is 0 Å². The van der Waals surface area contributed by atoms with Crippen LogP contribution in [0, 0.1) is 23.7 Å². The highest BCUT2D eigenvalue weighted by Gasteiger charge is 2.33. The summed E-state index contributed by atoms with van der Waals surface area (Å²) in [4.78, 5) is 0. The molecule has 17 heavy (non-hydrogen) atoms. The molecule has 0 radical (unpaired) electrons. The van der Waals surface area contributed by atoms with E-state index >= 15 is 0 Å². The molecule has 2 rings (SSSR count). The van der Waals surface area contributed by atoms with Crippen LogP contribution in [-0.4, -0.2) is 0 Å². The van der Waals surface area contributed by atoms with Crippen molar-refractivity contribution in [2.45, 2.75) is 59.3 Å². The fraction of sp³-hybridized carbons (Fsp3) is 0.765. The normalized spacial score (nSPS) is 38.6. The SMILES string of the molecule is CC1=CC(C)CCCC(CC2CC2C)C=CC1. The van der Waals surface area contributed by atoms with Gasteiger partial charge in [-0.05, 0) is 62.7 Å². The quantitative estimate of drug-likeness (QED) is 0.562. The Morgan fingerprint density at radius 1 is 1.24 bits per heavy atom. The van der Waals surface area contributed by atoms with Crippen molar-refractivity contribution in [1.82, 2.24) is 0 Å². The third-order valence-corrected chi connectivity index (χ3v) is 4.53. The maximum atomic E-state index is 2.51. The number of hydrogen-bond donors (Lipinski definition) is 0. The highest BCUT2D eigenvalue weighted by molar-refractivity contribution is 5.08. The minimum atomic E-state index is 0.780. The predicted molar refractivity (Wildman–Crippen MR) is 75.9 cm³/mol. The van der Waals surface area contributed by atoms with Gasteiger partial charge < -0.3 is 0 Å². The van der Waals surface area contributed by atoms with Crippen LogP contribution in [0.1, 0.15) is 59.3 Å². The second-order valence-electron chi connectivity index (χ2n) is 6.52. The van der Waals surface area contributed by atoms with Crippen LogP contribution in [-0.2, 0) is 0 Å². The largest absolute Gasteiger partial charge is 0.0851 e. The second-order valence-corrected chi connectivity index (χ2v) is 6.52. The molecule has 0 aromatic heterocycles. The highest BCUT2D eigenvalue weighted by Crippen LogP contribution is 2.43. The van der Waals surface area contributed by atoms with Crippen molar-refractivity contribution in [3.8, 4) is 0 Å². The summed E-state index contributed by atoms with van der Waals surface area (Å²) in [5, 5.41) is 0. The molecule has 0 aromatic carbocycles. The number of hydrogen-bond acceptors (Lipinski definition) is 0. The van der Waals surface area contributed by atoms with E-state index in [1.165, 1.54) is 38.5 Å². The van der Waals surface area contributed by atoms with E-state index in [0.29, 0.717) is 0 Å². The molecule has 0 spiro atoms. The summed E-state index contributed by atoms with van der Waals surface area (Å²) in [6.45, 7) is 7.05. The Kier molecular flexibility index (Phi) is 4.48. The first-order valence-electron chi connectivity index (χ1n) is 7.49. The molecular formula is C17H28. The average Bonchev–Trinajstić information content (AvgIpc) is 2.93. The van der Waals surface area contributed by atoms with Gasteiger partial charge >= 0.3 is 0 Å². The van der Waals surface area contributed by atoms with Crippen LogP contribution in [0.5, 0.6) is 0 Å². The smallest absolute Gasteiger partial charge is 0.0141 e. The summed E-state index contributed by atoms with van der Waals surface area (Å²) in [5.41, 5.74) is 1.55. The van der Waals surface area contributed by atoms with Gasteiger partial charge in [0.25, 0.3) is 0 Å². The Bertz CT molecular complexity index is 297. The van der Waals surface area contributed by atoms with Gasteiger partial charge in [0.1, 0.15) is 0 Å². The van der Waals surface area contributed by atoms with E-state index in [9.17, 15) is 0 Å². The monoisotopic (exact) mass is 232 g/mol. The van der Waals surface area contributed by atoms with Crippen LogP contribution in [0.4, 0.5) is 0 Å². The Hall–Kier alpha value is -0.520. The van der Waals surface area contributed by atoms with E-state index < -0.39 is 0 Å². The molecule has 0 amide bonds. The molecule has 4 atom stereocenters. The van der Waals surface area contributed by atoms with E-state index in [4.69, 9.17) is 0 Å². The third-order valence-electron chi connectivity index (χ3n) is 4.53. The van der Waals surface area contributed by atoms with Crippen molar-refractivity contribution < 1.29 is 0 Å². The van der Waals surface area contributed by atoms with Crippen LogP contribution in [0.2, 0.25) is 0 Å². The maximum Gasteiger partial charge on any atom is -0.0141 e. The molecule has 0 bridgehead atoms. The van der Waals surface area contributed by atoms with Gasteiger partial charge in [-0.15, -0.1) is 0 Å². The van der Waals surface area contributed by atoms with Crippen molar-refractivity contribution in [2.24, 2.45) is 23.7 Å². The minimum Gasteiger partial charge on any atom is -0.0851 e. The second kappa shape index (κ2) is 5.89. The zero-order valence-electron chi connectivity index (χ0n) is 11.8. The van der Waals surface area contributed by atoms with Crippen molar-refractivity contribution in [1.29, 1.82) is 0 Å². The van der Waals surface area contributed by atoms with Gasteiger partial charge in [-0.1, -0.05) is 44.1 Å². The fourth-order valence-electron chi connectivity index (χ4n) is 3.19. The first-order valence-corrected chi connectivity index (χ1v) is 7.49.